The van der Waals surface area contributed by atoms with Crippen molar-refractivity contribution in [3.05, 3.63) is 17.0 Å². The van der Waals surface area contributed by atoms with Crippen LogP contribution < -0.4 is 5.32 Å². The molecule has 1 aromatic heterocycles. The second kappa shape index (κ2) is 11.1. The number of amides is 3. The van der Waals surface area contributed by atoms with Gasteiger partial charge >= 0.3 is 0 Å². The molecule has 0 aromatic carbocycles. The number of carbonyl (C=O) groups excluding carboxylic acids is 3. The van der Waals surface area contributed by atoms with E-state index in [0.717, 1.165) is 76.5 Å². The Bertz CT molecular complexity index is 857. The maximum absolute atomic E-state index is 13.1. The lowest BCUT2D eigenvalue weighted by molar-refractivity contribution is -0.134. The van der Waals surface area contributed by atoms with Crippen molar-refractivity contribution in [1.29, 1.82) is 0 Å². The highest BCUT2D eigenvalue weighted by molar-refractivity contribution is 5.94. The van der Waals surface area contributed by atoms with E-state index in [1.807, 2.05) is 11.9 Å². The Morgan fingerprint density at radius 2 is 1.73 bits per heavy atom. The molecule has 3 aliphatic heterocycles. The third kappa shape index (κ3) is 5.92. The Kier molecular flexibility index (Phi) is 7.97. The first-order valence-corrected chi connectivity index (χ1v) is 12.2. The van der Waals surface area contributed by atoms with Gasteiger partial charge in [0.1, 0.15) is 0 Å². The first-order chi connectivity index (χ1) is 16.0. The number of hydrogen-bond acceptors (Lipinski definition) is 6. The Hall–Kier alpha value is -2.46. The normalized spacial score (nSPS) is 19.3. The van der Waals surface area contributed by atoms with Crippen LogP contribution in [0.1, 0.15) is 53.8 Å². The summed E-state index contributed by atoms with van der Waals surface area (Å²) in [7, 11) is 1.87. The van der Waals surface area contributed by atoms with Gasteiger partial charge in [0.25, 0.3) is 5.91 Å². The Labute approximate surface area is 195 Å². The van der Waals surface area contributed by atoms with Crippen molar-refractivity contribution < 1.29 is 19.1 Å². The van der Waals surface area contributed by atoms with Gasteiger partial charge in [-0.15, -0.1) is 0 Å². The highest BCUT2D eigenvalue weighted by atomic mass is 16.5. The van der Waals surface area contributed by atoms with Crippen LogP contribution in [0.15, 0.2) is 0 Å². The van der Waals surface area contributed by atoms with Gasteiger partial charge in [-0.25, -0.2) is 0 Å². The summed E-state index contributed by atoms with van der Waals surface area (Å²) in [5.41, 5.74) is 2.37. The summed E-state index contributed by atoms with van der Waals surface area (Å²) < 4.78 is 7.11. The molecule has 0 bridgehead atoms. The van der Waals surface area contributed by atoms with Gasteiger partial charge in [-0.05, 0) is 19.3 Å². The van der Waals surface area contributed by atoms with E-state index in [2.05, 4.69) is 15.3 Å². The van der Waals surface area contributed by atoms with Crippen molar-refractivity contribution in [2.45, 2.75) is 45.1 Å². The highest BCUT2D eigenvalue weighted by Gasteiger charge is 2.31. The fourth-order valence-electron chi connectivity index (χ4n) is 4.87. The molecule has 3 aliphatic rings. The monoisotopic (exact) mass is 460 g/mol. The standard InChI is InChI=1S/C23H36N6O4/c1-26-19-7-11-29(17-18(19)22(25-26)23(32)28-9-3-2-4-10-28)21(31)6-5-20(30)24-8-12-27-13-15-33-16-14-27/h2-17H2,1H3,(H,24,30). The number of hydrogen-bond donors (Lipinski definition) is 1. The molecule has 10 nitrogen and oxygen atoms in total. The number of likely N-dealkylation sites (tertiary alicyclic amines) is 1. The largest absolute Gasteiger partial charge is 0.379 e. The molecule has 0 atom stereocenters. The van der Waals surface area contributed by atoms with Crippen molar-refractivity contribution in [3.63, 3.8) is 0 Å². The first kappa shape index (κ1) is 23.7. The molecule has 182 valence electrons. The third-order valence-electron chi connectivity index (χ3n) is 6.86. The van der Waals surface area contributed by atoms with Crippen LogP contribution >= 0.6 is 0 Å². The maximum Gasteiger partial charge on any atom is 0.274 e. The van der Waals surface area contributed by atoms with E-state index in [9.17, 15) is 14.4 Å². The molecule has 4 rings (SSSR count). The smallest absolute Gasteiger partial charge is 0.274 e. The van der Waals surface area contributed by atoms with Crippen molar-refractivity contribution in [2.24, 2.45) is 7.05 Å². The second-order valence-corrected chi connectivity index (χ2v) is 9.12. The van der Waals surface area contributed by atoms with Gasteiger partial charge < -0.3 is 19.9 Å². The number of morpholine rings is 1. The molecule has 0 radical (unpaired) electrons. The summed E-state index contributed by atoms with van der Waals surface area (Å²) in [6, 6.07) is 0. The third-order valence-corrected chi connectivity index (χ3v) is 6.86. The van der Waals surface area contributed by atoms with Crippen molar-refractivity contribution in [1.82, 2.24) is 29.8 Å². The lowest BCUT2D eigenvalue weighted by atomic mass is 10.0. The maximum atomic E-state index is 13.1. The molecular formula is C23H36N6O4. The van der Waals surface area contributed by atoms with Crippen LogP contribution in [0, 0.1) is 0 Å². The van der Waals surface area contributed by atoms with Gasteiger partial charge in [-0.3, -0.25) is 24.0 Å². The first-order valence-electron chi connectivity index (χ1n) is 12.2. The molecule has 0 spiro atoms. The molecule has 10 heteroatoms. The minimum absolute atomic E-state index is 0.0273. The Balaban J connectivity index is 1.26. The minimum Gasteiger partial charge on any atom is -0.379 e. The van der Waals surface area contributed by atoms with E-state index in [1.165, 1.54) is 0 Å². The van der Waals surface area contributed by atoms with Crippen LogP contribution in [-0.2, 0) is 34.3 Å². The van der Waals surface area contributed by atoms with E-state index in [1.54, 1.807) is 9.58 Å². The van der Waals surface area contributed by atoms with Crippen LogP contribution in [0.25, 0.3) is 0 Å². The number of piperidine rings is 1. The summed E-state index contributed by atoms with van der Waals surface area (Å²) in [6.07, 6.45) is 4.24. The predicted molar refractivity (Wildman–Crippen MR) is 122 cm³/mol. The van der Waals surface area contributed by atoms with Gasteiger partial charge in [0.2, 0.25) is 11.8 Å². The molecule has 33 heavy (non-hydrogen) atoms. The number of ether oxygens (including phenoxy) is 1. The topological polar surface area (TPSA) is 100 Å². The molecule has 0 saturated carbocycles. The Morgan fingerprint density at radius 3 is 2.48 bits per heavy atom. The predicted octanol–water partition coefficient (Wildman–Crippen LogP) is 0.160. The lowest BCUT2D eigenvalue weighted by Gasteiger charge is -2.29. The summed E-state index contributed by atoms with van der Waals surface area (Å²) in [5, 5.41) is 7.43. The molecule has 0 aliphatic carbocycles. The zero-order valence-corrected chi connectivity index (χ0v) is 19.7. The van der Waals surface area contributed by atoms with Crippen LogP contribution in [0.4, 0.5) is 0 Å². The van der Waals surface area contributed by atoms with E-state index in [-0.39, 0.29) is 30.6 Å². The van der Waals surface area contributed by atoms with Crippen LogP contribution in [0.3, 0.4) is 0 Å². The molecule has 4 heterocycles. The number of nitrogens with one attached hydrogen (secondary N) is 1. The average Bonchev–Trinajstić information content (AvgIpc) is 3.19. The fraction of sp³-hybridized carbons (Fsp3) is 0.739. The molecule has 2 saturated heterocycles. The quantitative estimate of drug-likeness (QED) is 0.622. The van der Waals surface area contributed by atoms with Crippen molar-refractivity contribution >= 4 is 17.7 Å². The van der Waals surface area contributed by atoms with Crippen molar-refractivity contribution in [2.75, 3.05) is 59.0 Å². The molecule has 2 fully saturated rings. The van der Waals surface area contributed by atoms with Gasteiger partial charge in [0.05, 0.1) is 13.2 Å². The number of carbonyl (C=O) groups is 3. The minimum atomic E-state index is -0.100. The van der Waals surface area contributed by atoms with Gasteiger partial charge in [-0.1, -0.05) is 0 Å². The van der Waals surface area contributed by atoms with Gasteiger partial charge in [-0.2, -0.15) is 5.10 Å². The molecule has 1 aromatic rings. The fourth-order valence-corrected chi connectivity index (χ4v) is 4.87. The number of aryl methyl sites for hydroxylation is 1. The van der Waals surface area contributed by atoms with E-state index < -0.39 is 0 Å². The zero-order chi connectivity index (χ0) is 23.2. The number of nitrogens with zero attached hydrogens (tertiary/aromatic N) is 5. The SMILES string of the molecule is Cn1nc(C(=O)N2CCCCC2)c2c1CCN(C(=O)CCC(=O)NCCN1CCOCC1)C2. The van der Waals surface area contributed by atoms with Crippen molar-refractivity contribution in [3.8, 4) is 0 Å². The molecule has 1 N–H and O–H groups in total. The molecule has 3 amide bonds. The number of rotatable bonds is 7. The van der Waals surface area contributed by atoms with Crippen LogP contribution in [0.2, 0.25) is 0 Å². The second-order valence-electron chi connectivity index (χ2n) is 9.12. The van der Waals surface area contributed by atoms with Gasteiger partial charge in [0.15, 0.2) is 5.69 Å². The summed E-state index contributed by atoms with van der Waals surface area (Å²) >= 11 is 0. The zero-order valence-electron chi connectivity index (χ0n) is 19.7. The number of fused-ring (bicyclic) bond motifs is 1. The van der Waals surface area contributed by atoms with Gasteiger partial charge in [0, 0.05) is 89.9 Å². The Morgan fingerprint density at radius 1 is 0.970 bits per heavy atom. The van der Waals surface area contributed by atoms with Crippen LogP contribution in [-0.4, -0.2) is 101 Å². The lowest BCUT2D eigenvalue weighted by Crippen LogP contribution is -2.41. The summed E-state index contributed by atoms with van der Waals surface area (Å²) in [5.74, 6) is -0.179. The molecule has 0 unspecified atom stereocenters. The average molecular weight is 461 g/mol. The summed E-state index contributed by atoms with van der Waals surface area (Å²) in [6.45, 7) is 7.15. The van der Waals surface area contributed by atoms with E-state index in [4.69, 9.17) is 4.74 Å². The van der Waals surface area contributed by atoms with Crippen LogP contribution in [0.5, 0.6) is 0 Å². The summed E-state index contributed by atoms with van der Waals surface area (Å²) in [4.78, 5) is 44.0. The molecular weight excluding hydrogens is 424 g/mol. The van der Waals surface area contributed by atoms with E-state index >= 15 is 0 Å². The highest BCUT2D eigenvalue weighted by Crippen LogP contribution is 2.25. The van der Waals surface area contributed by atoms with E-state index in [0.29, 0.717) is 31.7 Å². The number of aromatic nitrogens is 2.